The van der Waals surface area contributed by atoms with Crippen molar-refractivity contribution in [1.29, 1.82) is 0 Å². The molecule has 0 bridgehead atoms. The highest BCUT2D eigenvalue weighted by atomic mass is 79.9. The standard InChI is InChI=1S/C15H14Br2OS/c1-9-12(16)8-14(19-9)15(17)11-6-7-18-13-5-3-2-4-10(11)13/h2-5,8,11,15H,6-7H2,1H3. The Bertz CT molecular complexity index is 574. The molecule has 1 aromatic carbocycles. The van der Waals surface area contributed by atoms with E-state index in [1.807, 2.05) is 17.4 Å². The van der Waals surface area contributed by atoms with Gasteiger partial charge in [-0.15, -0.1) is 11.3 Å². The summed E-state index contributed by atoms with van der Waals surface area (Å²) in [4.78, 5) is 3.07. The summed E-state index contributed by atoms with van der Waals surface area (Å²) in [6, 6.07) is 10.6. The van der Waals surface area contributed by atoms with Crippen molar-refractivity contribution in [2.75, 3.05) is 6.61 Å². The van der Waals surface area contributed by atoms with Gasteiger partial charge < -0.3 is 4.74 Å². The van der Waals surface area contributed by atoms with Crippen molar-refractivity contribution in [3.8, 4) is 5.75 Å². The fourth-order valence-corrected chi connectivity index (χ4v) is 5.06. The van der Waals surface area contributed by atoms with Crippen LogP contribution in [-0.2, 0) is 0 Å². The molecule has 0 aliphatic carbocycles. The van der Waals surface area contributed by atoms with Crippen LogP contribution in [0, 0.1) is 6.92 Å². The van der Waals surface area contributed by atoms with Gasteiger partial charge in [-0.2, -0.15) is 0 Å². The van der Waals surface area contributed by atoms with Gasteiger partial charge in [0.15, 0.2) is 0 Å². The number of aryl methyl sites for hydroxylation is 1. The zero-order valence-corrected chi connectivity index (χ0v) is 14.5. The minimum atomic E-state index is 0.354. The van der Waals surface area contributed by atoms with E-state index >= 15 is 0 Å². The average Bonchev–Trinajstić information content (AvgIpc) is 2.77. The first-order chi connectivity index (χ1) is 9.16. The van der Waals surface area contributed by atoms with Crippen LogP contribution in [0.1, 0.15) is 32.5 Å². The number of thiophene rings is 1. The van der Waals surface area contributed by atoms with E-state index in [4.69, 9.17) is 4.74 Å². The predicted octanol–water partition coefficient (Wildman–Crippen LogP) is 5.82. The van der Waals surface area contributed by atoms with Crippen LogP contribution in [0.15, 0.2) is 34.8 Å². The van der Waals surface area contributed by atoms with Crippen LogP contribution in [-0.4, -0.2) is 6.61 Å². The van der Waals surface area contributed by atoms with E-state index in [1.165, 1.54) is 19.8 Å². The van der Waals surface area contributed by atoms with Crippen LogP contribution in [0.4, 0.5) is 0 Å². The normalized spacial score (nSPS) is 19.6. The summed E-state index contributed by atoms with van der Waals surface area (Å²) in [5.41, 5.74) is 1.32. The van der Waals surface area contributed by atoms with Gasteiger partial charge in [0.2, 0.25) is 0 Å². The lowest BCUT2D eigenvalue weighted by molar-refractivity contribution is 0.266. The molecule has 2 heterocycles. The van der Waals surface area contributed by atoms with Crippen LogP contribution in [0.2, 0.25) is 0 Å². The van der Waals surface area contributed by atoms with Crippen LogP contribution < -0.4 is 4.74 Å². The Hall–Kier alpha value is -0.320. The molecule has 2 unspecified atom stereocenters. The molecule has 1 aromatic heterocycles. The number of alkyl halides is 1. The molecule has 1 aliphatic heterocycles. The Morgan fingerprint density at radius 2 is 2.16 bits per heavy atom. The molecule has 0 amide bonds. The summed E-state index contributed by atoms with van der Waals surface area (Å²) in [6.45, 7) is 2.95. The lowest BCUT2D eigenvalue weighted by Crippen LogP contribution is -2.17. The fraction of sp³-hybridized carbons (Fsp3) is 0.333. The third-order valence-electron chi connectivity index (χ3n) is 3.51. The van der Waals surface area contributed by atoms with Gasteiger partial charge in [-0.05, 0) is 47.0 Å². The Morgan fingerprint density at radius 3 is 2.89 bits per heavy atom. The first kappa shape index (κ1) is 13.7. The van der Waals surface area contributed by atoms with Crippen LogP contribution in [0.3, 0.4) is 0 Å². The number of ether oxygens (including phenoxy) is 1. The summed E-state index contributed by atoms with van der Waals surface area (Å²) >= 11 is 9.36. The number of hydrogen-bond acceptors (Lipinski definition) is 2. The molecule has 0 spiro atoms. The summed E-state index contributed by atoms with van der Waals surface area (Å²) < 4.78 is 6.95. The highest BCUT2D eigenvalue weighted by molar-refractivity contribution is 9.10. The fourth-order valence-electron chi connectivity index (χ4n) is 2.49. The number of halogens is 2. The highest BCUT2D eigenvalue weighted by Crippen LogP contribution is 2.48. The van der Waals surface area contributed by atoms with Gasteiger partial charge in [0, 0.05) is 20.1 Å². The van der Waals surface area contributed by atoms with Crippen molar-refractivity contribution in [3.63, 3.8) is 0 Å². The molecule has 0 radical (unpaired) electrons. The van der Waals surface area contributed by atoms with Gasteiger partial charge in [-0.25, -0.2) is 0 Å². The van der Waals surface area contributed by atoms with Crippen LogP contribution in [0.5, 0.6) is 5.75 Å². The predicted molar refractivity (Wildman–Crippen MR) is 87.7 cm³/mol. The lowest BCUT2D eigenvalue weighted by Gasteiger charge is -2.29. The van der Waals surface area contributed by atoms with Crippen molar-refractivity contribution in [3.05, 3.63) is 50.1 Å². The Labute approximate surface area is 134 Å². The Kier molecular flexibility index (Phi) is 4.01. The smallest absolute Gasteiger partial charge is 0.122 e. The van der Waals surface area contributed by atoms with E-state index in [0.29, 0.717) is 10.7 Å². The first-order valence-corrected chi connectivity index (χ1v) is 8.81. The van der Waals surface area contributed by atoms with E-state index in [0.717, 1.165) is 18.8 Å². The second-order valence-corrected chi connectivity index (χ2v) is 7.86. The van der Waals surface area contributed by atoms with Gasteiger partial charge in [0.05, 0.1) is 11.4 Å². The molecule has 2 atom stereocenters. The Morgan fingerprint density at radius 1 is 1.37 bits per heavy atom. The molecule has 2 aromatic rings. The zero-order chi connectivity index (χ0) is 13.4. The zero-order valence-electron chi connectivity index (χ0n) is 10.5. The summed E-state index contributed by atoms with van der Waals surface area (Å²) in [5.74, 6) is 1.52. The molecule has 3 rings (SSSR count). The van der Waals surface area contributed by atoms with Crippen molar-refractivity contribution >= 4 is 43.2 Å². The summed E-state index contributed by atoms with van der Waals surface area (Å²) in [6.07, 6.45) is 1.06. The van der Waals surface area contributed by atoms with Crippen LogP contribution >= 0.6 is 43.2 Å². The number of benzene rings is 1. The monoisotopic (exact) mass is 400 g/mol. The van der Waals surface area contributed by atoms with Crippen molar-refractivity contribution in [2.45, 2.75) is 24.1 Å². The minimum Gasteiger partial charge on any atom is -0.493 e. The average molecular weight is 402 g/mol. The third-order valence-corrected chi connectivity index (χ3v) is 7.16. The molecular formula is C15H14Br2OS. The molecule has 4 heteroatoms. The molecule has 19 heavy (non-hydrogen) atoms. The second-order valence-electron chi connectivity index (χ2n) is 4.74. The van der Waals surface area contributed by atoms with Gasteiger partial charge in [-0.3, -0.25) is 0 Å². The van der Waals surface area contributed by atoms with E-state index in [-0.39, 0.29) is 0 Å². The number of hydrogen-bond donors (Lipinski definition) is 0. The number of para-hydroxylation sites is 1. The quantitative estimate of drug-likeness (QED) is 0.576. The molecule has 0 saturated carbocycles. The molecule has 1 nitrogen and oxygen atoms in total. The molecule has 100 valence electrons. The van der Waals surface area contributed by atoms with E-state index < -0.39 is 0 Å². The lowest BCUT2D eigenvalue weighted by atomic mass is 9.90. The number of rotatable bonds is 2. The largest absolute Gasteiger partial charge is 0.493 e. The van der Waals surface area contributed by atoms with Crippen molar-refractivity contribution in [2.24, 2.45) is 0 Å². The molecule has 0 N–H and O–H groups in total. The molecule has 0 saturated heterocycles. The SMILES string of the molecule is Cc1sc(C(Br)C2CCOc3ccccc32)cc1Br. The van der Waals surface area contributed by atoms with Crippen LogP contribution in [0.25, 0.3) is 0 Å². The van der Waals surface area contributed by atoms with Gasteiger partial charge in [-0.1, -0.05) is 34.1 Å². The second kappa shape index (κ2) is 5.58. The van der Waals surface area contributed by atoms with E-state index in [9.17, 15) is 0 Å². The topological polar surface area (TPSA) is 9.23 Å². The number of fused-ring (bicyclic) bond motifs is 1. The van der Waals surface area contributed by atoms with Gasteiger partial charge in [0.1, 0.15) is 5.75 Å². The maximum Gasteiger partial charge on any atom is 0.122 e. The van der Waals surface area contributed by atoms with Gasteiger partial charge >= 0.3 is 0 Å². The van der Waals surface area contributed by atoms with Crippen molar-refractivity contribution < 1.29 is 4.74 Å². The summed E-state index contributed by atoms with van der Waals surface area (Å²) in [5, 5.41) is 0. The molecule has 1 aliphatic rings. The highest BCUT2D eigenvalue weighted by Gasteiger charge is 2.29. The van der Waals surface area contributed by atoms with E-state index in [1.54, 1.807) is 0 Å². The Balaban J connectivity index is 1.95. The van der Waals surface area contributed by atoms with E-state index in [2.05, 4.69) is 63.0 Å². The molecular weight excluding hydrogens is 388 g/mol. The maximum atomic E-state index is 5.74. The third kappa shape index (κ3) is 2.63. The maximum absolute atomic E-state index is 5.74. The van der Waals surface area contributed by atoms with Crippen molar-refractivity contribution in [1.82, 2.24) is 0 Å². The first-order valence-electron chi connectivity index (χ1n) is 6.28. The molecule has 0 fully saturated rings. The minimum absolute atomic E-state index is 0.354. The van der Waals surface area contributed by atoms with Gasteiger partial charge in [0.25, 0.3) is 0 Å². The summed E-state index contributed by atoms with van der Waals surface area (Å²) in [7, 11) is 0.